The van der Waals surface area contributed by atoms with E-state index < -0.39 is 11.7 Å². The molecule has 2 unspecified atom stereocenters. The Labute approximate surface area is 129 Å². The predicted molar refractivity (Wildman–Crippen MR) is 82.0 cm³/mol. The molecule has 0 radical (unpaired) electrons. The van der Waals surface area contributed by atoms with Crippen LogP contribution in [0.4, 0.5) is 18.9 Å². The smallest absolute Gasteiger partial charge is 0.383 e. The SMILES string of the molecule is Cc1ccc(NCC23CCCN2C(C)CC3)c(C(F)(F)F)c1. The summed E-state index contributed by atoms with van der Waals surface area (Å²) < 4.78 is 39.6. The van der Waals surface area contributed by atoms with E-state index in [1.54, 1.807) is 19.1 Å². The summed E-state index contributed by atoms with van der Waals surface area (Å²) in [5.41, 5.74) is 0.332. The molecule has 3 rings (SSSR count). The van der Waals surface area contributed by atoms with E-state index in [1.807, 2.05) is 0 Å². The van der Waals surface area contributed by atoms with E-state index in [0.717, 1.165) is 32.2 Å². The van der Waals surface area contributed by atoms with Crippen molar-refractivity contribution in [3.8, 4) is 0 Å². The van der Waals surface area contributed by atoms with Crippen LogP contribution in [0.25, 0.3) is 0 Å². The highest BCUT2D eigenvalue weighted by Crippen LogP contribution is 2.43. The van der Waals surface area contributed by atoms with Gasteiger partial charge in [-0.2, -0.15) is 13.2 Å². The minimum absolute atomic E-state index is 0.0488. The maximum absolute atomic E-state index is 13.2. The van der Waals surface area contributed by atoms with Gasteiger partial charge in [0, 0.05) is 23.8 Å². The molecule has 1 aromatic rings. The van der Waals surface area contributed by atoms with Gasteiger partial charge in [0.2, 0.25) is 0 Å². The van der Waals surface area contributed by atoms with Gasteiger partial charge in [-0.15, -0.1) is 0 Å². The topological polar surface area (TPSA) is 15.3 Å². The Hall–Kier alpha value is -1.23. The van der Waals surface area contributed by atoms with Crippen LogP contribution in [0.3, 0.4) is 0 Å². The minimum atomic E-state index is -4.32. The second kappa shape index (κ2) is 5.44. The molecule has 1 aromatic carbocycles. The van der Waals surface area contributed by atoms with Gasteiger partial charge < -0.3 is 5.32 Å². The third-order valence-electron chi connectivity index (χ3n) is 5.30. The Bertz CT molecular complexity index is 555. The summed E-state index contributed by atoms with van der Waals surface area (Å²) in [7, 11) is 0. The summed E-state index contributed by atoms with van der Waals surface area (Å²) in [6.45, 7) is 5.58. The van der Waals surface area contributed by atoms with Crippen molar-refractivity contribution in [2.75, 3.05) is 18.4 Å². The van der Waals surface area contributed by atoms with Crippen molar-refractivity contribution < 1.29 is 13.2 Å². The maximum atomic E-state index is 13.2. The molecule has 2 saturated heterocycles. The first-order valence-electron chi connectivity index (χ1n) is 8.00. The van der Waals surface area contributed by atoms with Crippen LogP contribution >= 0.6 is 0 Å². The van der Waals surface area contributed by atoms with Crippen LogP contribution in [0.5, 0.6) is 0 Å². The Morgan fingerprint density at radius 2 is 2.09 bits per heavy atom. The van der Waals surface area contributed by atoms with Crippen molar-refractivity contribution in [1.29, 1.82) is 0 Å². The third-order valence-corrected chi connectivity index (χ3v) is 5.30. The third kappa shape index (κ3) is 2.71. The van der Waals surface area contributed by atoms with Gasteiger partial charge in [-0.25, -0.2) is 0 Å². The van der Waals surface area contributed by atoms with E-state index in [1.165, 1.54) is 6.07 Å². The summed E-state index contributed by atoms with van der Waals surface area (Å²) in [6, 6.07) is 5.07. The lowest BCUT2D eigenvalue weighted by molar-refractivity contribution is -0.137. The summed E-state index contributed by atoms with van der Waals surface area (Å²) in [4.78, 5) is 2.49. The van der Waals surface area contributed by atoms with Crippen molar-refractivity contribution in [1.82, 2.24) is 4.90 Å². The molecule has 0 aliphatic carbocycles. The molecule has 2 aliphatic heterocycles. The second-order valence-electron chi connectivity index (χ2n) is 6.81. The Kier molecular flexibility index (Phi) is 3.87. The Morgan fingerprint density at radius 3 is 2.82 bits per heavy atom. The number of alkyl halides is 3. The van der Waals surface area contributed by atoms with Gasteiger partial charge in [0.15, 0.2) is 0 Å². The van der Waals surface area contributed by atoms with Gasteiger partial charge in [-0.05, 0) is 58.2 Å². The quantitative estimate of drug-likeness (QED) is 0.887. The standard InChI is InChI=1S/C17H23F3N2/c1-12-4-5-15(14(10-12)17(18,19)20)21-11-16-7-3-9-22(16)13(2)6-8-16/h4-5,10,13,21H,3,6-9,11H2,1-2H3. The number of hydrogen-bond donors (Lipinski definition) is 1. The summed E-state index contributed by atoms with van der Waals surface area (Å²) in [6.07, 6.45) is 0.129. The van der Waals surface area contributed by atoms with Crippen molar-refractivity contribution in [3.05, 3.63) is 29.3 Å². The lowest BCUT2D eigenvalue weighted by atomic mass is 9.93. The van der Waals surface area contributed by atoms with E-state index in [4.69, 9.17) is 0 Å². The highest BCUT2D eigenvalue weighted by atomic mass is 19.4. The molecule has 5 heteroatoms. The predicted octanol–water partition coefficient (Wildman–Crippen LogP) is 4.44. The number of halogens is 3. The van der Waals surface area contributed by atoms with Gasteiger partial charge in [0.25, 0.3) is 0 Å². The Balaban J connectivity index is 1.80. The molecule has 2 heterocycles. The van der Waals surface area contributed by atoms with Crippen LogP contribution in [0.1, 0.15) is 43.7 Å². The fourth-order valence-corrected chi connectivity index (χ4v) is 4.13. The van der Waals surface area contributed by atoms with Gasteiger partial charge in [-0.3, -0.25) is 4.90 Å². The number of nitrogens with zero attached hydrogens (tertiary/aromatic N) is 1. The van der Waals surface area contributed by atoms with Crippen molar-refractivity contribution >= 4 is 5.69 Å². The minimum Gasteiger partial charge on any atom is -0.383 e. The van der Waals surface area contributed by atoms with Gasteiger partial charge in [0.05, 0.1) is 5.56 Å². The van der Waals surface area contributed by atoms with Gasteiger partial charge in [-0.1, -0.05) is 11.6 Å². The number of hydrogen-bond acceptors (Lipinski definition) is 2. The number of rotatable bonds is 3. The van der Waals surface area contributed by atoms with Crippen LogP contribution in [-0.2, 0) is 6.18 Å². The molecule has 2 nitrogen and oxygen atoms in total. The summed E-state index contributed by atoms with van der Waals surface area (Å²) in [5, 5.41) is 3.11. The fourth-order valence-electron chi connectivity index (χ4n) is 4.13. The summed E-state index contributed by atoms with van der Waals surface area (Å²) >= 11 is 0. The van der Waals surface area contributed by atoms with Crippen LogP contribution < -0.4 is 5.32 Å². The molecule has 22 heavy (non-hydrogen) atoms. The molecule has 2 fully saturated rings. The zero-order valence-electron chi connectivity index (χ0n) is 13.1. The fraction of sp³-hybridized carbons (Fsp3) is 0.647. The zero-order valence-corrected chi connectivity index (χ0v) is 13.1. The van der Waals surface area contributed by atoms with Crippen molar-refractivity contribution in [3.63, 3.8) is 0 Å². The molecule has 2 atom stereocenters. The monoisotopic (exact) mass is 312 g/mol. The lowest BCUT2D eigenvalue weighted by Gasteiger charge is -2.35. The van der Waals surface area contributed by atoms with E-state index in [-0.39, 0.29) is 11.2 Å². The van der Waals surface area contributed by atoms with Crippen molar-refractivity contribution in [2.24, 2.45) is 0 Å². The summed E-state index contributed by atoms with van der Waals surface area (Å²) in [5.74, 6) is 0. The first-order chi connectivity index (χ1) is 10.3. The molecule has 1 N–H and O–H groups in total. The van der Waals surface area contributed by atoms with Crippen LogP contribution in [0.15, 0.2) is 18.2 Å². The van der Waals surface area contributed by atoms with E-state index in [0.29, 0.717) is 18.2 Å². The van der Waals surface area contributed by atoms with Crippen molar-refractivity contribution in [2.45, 2.75) is 57.3 Å². The van der Waals surface area contributed by atoms with Gasteiger partial charge >= 0.3 is 6.18 Å². The first-order valence-corrected chi connectivity index (χ1v) is 8.00. The molecule has 0 bridgehead atoms. The molecule has 0 spiro atoms. The normalized spacial score (nSPS) is 28.9. The number of nitrogens with one attached hydrogen (secondary N) is 1. The maximum Gasteiger partial charge on any atom is 0.418 e. The number of aryl methyl sites for hydroxylation is 1. The number of fused-ring (bicyclic) bond motifs is 1. The van der Waals surface area contributed by atoms with Crippen LogP contribution in [0.2, 0.25) is 0 Å². The van der Waals surface area contributed by atoms with Gasteiger partial charge in [0.1, 0.15) is 0 Å². The van der Waals surface area contributed by atoms with Crippen LogP contribution in [-0.4, -0.2) is 29.6 Å². The largest absolute Gasteiger partial charge is 0.418 e. The van der Waals surface area contributed by atoms with E-state index in [9.17, 15) is 13.2 Å². The molecule has 2 aliphatic rings. The van der Waals surface area contributed by atoms with Crippen LogP contribution in [0, 0.1) is 6.92 Å². The number of benzene rings is 1. The second-order valence-corrected chi connectivity index (χ2v) is 6.81. The zero-order chi connectivity index (χ0) is 16.0. The lowest BCUT2D eigenvalue weighted by Crippen LogP contribution is -2.46. The number of anilines is 1. The van der Waals surface area contributed by atoms with E-state index in [2.05, 4.69) is 17.1 Å². The first kappa shape index (κ1) is 15.7. The molecule has 0 aromatic heterocycles. The molecular weight excluding hydrogens is 289 g/mol. The highest BCUT2D eigenvalue weighted by molar-refractivity contribution is 5.54. The molecule has 0 amide bonds. The molecule has 0 saturated carbocycles. The average molecular weight is 312 g/mol. The Morgan fingerprint density at radius 1 is 1.32 bits per heavy atom. The average Bonchev–Trinajstić information content (AvgIpc) is 2.98. The van der Waals surface area contributed by atoms with E-state index >= 15 is 0 Å². The molecular formula is C17H23F3N2. The highest BCUT2D eigenvalue weighted by Gasteiger charge is 2.47. The molecule has 122 valence electrons.